The summed E-state index contributed by atoms with van der Waals surface area (Å²) in [5.74, 6) is 0.957. The van der Waals surface area contributed by atoms with E-state index < -0.39 is 0 Å². The summed E-state index contributed by atoms with van der Waals surface area (Å²) in [6, 6.07) is 18.9. The molecule has 0 unspecified atom stereocenters. The first-order valence-electron chi connectivity index (χ1n) is 10.1. The van der Waals surface area contributed by atoms with Crippen LogP contribution in [0.5, 0.6) is 11.5 Å². The van der Waals surface area contributed by atoms with Crippen LogP contribution in [0.4, 0.5) is 10.1 Å². The Balaban J connectivity index is 1.50. The van der Waals surface area contributed by atoms with E-state index in [1.165, 1.54) is 28.4 Å². The molecule has 1 aromatic heterocycles. The van der Waals surface area contributed by atoms with Crippen LogP contribution in [0.2, 0.25) is 5.02 Å². The number of anilines is 1. The minimum absolute atomic E-state index is 0.166. The second-order valence-electron chi connectivity index (χ2n) is 7.44. The number of benzene rings is 3. The third-order valence-corrected chi connectivity index (χ3v) is 7.05. The largest absolute Gasteiger partial charge is 0.454 e. The molecule has 2 aliphatic heterocycles. The average molecular weight is 477 g/mol. The minimum atomic E-state index is -0.389. The summed E-state index contributed by atoms with van der Waals surface area (Å²) in [6.07, 6.45) is 1.69. The first kappa shape index (κ1) is 20.0. The van der Waals surface area contributed by atoms with Crippen LogP contribution in [0.15, 0.2) is 77.4 Å². The lowest BCUT2D eigenvalue weighted by molar-refractivity contribution is -0.113. The van der Waals surface area contributed by atoms with Gasteiger partial charge in [-0.1, -0.05) is 35.9 Å². The lowest BCUT2D eigenvalue weighted by atomic mass is 10.1. The lowest BCUT2D eigenvalue weighted by Gasteiger charge is -2.17. The molecule has 0 spiro atoms. The fraction of sp³-hybridized carbons (Fsp3) is 0.0400. The van der Waals surface area contributed by atoms with E-state index in [9.17, 15) is 9.18 Å². The molecule has 0 bridgehead atoms. The molecule has 162 valence electrons. The number of thiophene rings is 1. The lowest BCUT2D eigenvalue weighted by Crippen LogP contribution is -2.32. The molecule has 0 radical (unpaired) electrons. The van der Waals surface area contributed by atoms with E-state index in [0.717, 1.165) is 15.6 Å². The van der Waals surface area contributed by atoms with E-state index in [0.29, 0.717) is 32.9 Å². The molecular weight excluding hydrogens is 463 g/mol. The Kier molecular flexibility index (Phi) is 4.67. The Morgan fingerprint density at radius 2 is 1.82 bits per heavy atom. The van der Waals surface area contributed by atoms with Gasteiger partial charge in [-0.3, -0.25) is 9.69 Å². The molecule has 6 rings (SSSR count). The zero-order valence-corrected chi connectivity index (χ0v) is 18.5. The van der Waals surface area contributed by atoms with Crippen molar-refractivity contribution < 1.29 is 18.7 Å². The van der Waals surface area contributed by atoms with Crippen LogP contribution in [0.25, 0.3) is 16.2 Å². The summed E-state index contributed by atoms with van der Waals surface area (Å²) in [5.41, 5.74) is 1.48. The number of fused-ring (bicyclic) bond motifs is 2. The Hall–Kier alpha value is -3.68. The number of aliphatic imine (C=N–C) groups is 1. The van der Waals surface area contributed by atoms with Crippen LogP contribution in [0, 0.1) is 5.82 Å². The van der Waals surface area contributed by atoms with Crippen molar-refractivity contribution in [3.05, 3.63) is 93.7 Å². The number of rotatable bonds is 3. The van der Waals surface area contributed by atoms with Gasteiger partial charge in [0, 0.05) is 10.1 Å². The van der Waals surface area contributed by atoms with E-state index in [4.69, 9.17) is 21.1 Å². The highest BCUT2D eigenvalue weighted by atomic mass is 35.5. The van der Waals surface area contributed by atoms with Gasteiger partial charge in [-0.05, 0) is 54.1 Å². The van der Waals surface area contributed by atoms with E-state index in [1.807, 2.05) is 30.3 Å². The molecule has 5 nitrogen and oxygen atoms in total. The Bertz CT molecular complexity index is 1490. The van der Waals surface area contributed by atoms with Gasteiger partial charge in [0.1, 0.15) is 11.5 Å². The van der Waals surface area contributed by atoms with Gasteiger partial charge in [0.05, 0.1) is 15.6 Å². The molecule has 2 aliphatic rings. The van der Waals surface area contributed by atoms with Gasteiger partial charge >= 0.3 is 0 Å². The topological polar surface area (TPSA) is 51.1 Å². The average Bonchev–Trinajstić information content (AvgIpc) is 3.51. The highest BCUT2D eigenvalue weighted by Crippen LogP contribution is 2.40. The van der Waals surface area contributed by atoms with E-state index in [2.05, 4.69) is 4.99 Å². The van der Waals surface area contributed by atoms with E-state index in [1.54, 1.807) is 30.3 Å². The number of carbonyl (C=O) groups excluding carboxylic acids is 1. The molecule has 0 saturated carbocycles. The SMILES string of the molecule is O=C1/C(=C\c2ccc3c(c2)OCO3)N=C(c2sc3ccccc3c2Cl)N1c1ccc(F)cc1. The van der Waals surface area contributed by atoms with Gasteiger partial charge < -0.3 is 9.47 Å². The van der Waals surface area contributed by atoms with Crippen molar-refractivity contribution in [2.45, 2.75) is 0 Å². The molecule has 0 N–H and O–H groups in total. The number of nitrogens with zero attached hydrogens (tertiary/aromatic N) is 2. The van der Waals surface area contributed by atoms with Crippen LogP contribution >= 0.6 is 22.9 Å². The Morgan fingerprint density at radius 1 is 1.03 bits per heavy atom. The molecule has 0 saturated heterocycles. The highest BCUT2D eigenvalue weighted by Gasteiger charge is 2.35. The summed E-state index contributed by atoms with van der Waals surface area (Å²) >= 11 is 8.17. The smallest absolute Gasteiger partial charge is 0.282 e. The third kappa shape index (κ3) is 3.37. The summed E-state index contributed by atoms with van der Waals surface area (Å²) < 4.78 is 25.4. The number of hydrogen-bond acceptors (Lipinski definition) is 5. The number of amides is 1. The summed E-state index contributed by atoms with van der Waals surface area (Å²) in [7, 11) is 0. The zero-order valence-electron chi connectivity index (χ0n) is 16.9. The summed E-state index contributed by atoms with van der Waals surface area (Å²) in [6.45, 7) is 0.166. The number of amidine groups is 1. The Labute approximate surface area is 197 Å². The maximum atomic E-state index is 13.6. The van der Waals surface area contributed by atoms with E-state index >= 15 is 0 Å². The molecule has 0 atom stereocenters. The van der Waals surface area contributed by atoms with Crippen molar-refractivity contribution in [3.8, 4) is 11.5 Å². The van der Waals surface area contributed by atoms with Crippen molar-refractivity contribution in [2.24, 2.45) is 4.99 Å². The van der Waals surface area contributed by atoms with Gasteiger partial charge in [-0.2, -0.15) is 0 Å². The van der Waals surface area contributed by atoms with Gasteiger partial charge in [0.25, 0.3) is 5.91 Å². The van der Waals surface area contributed by atoms with Crippen molar-refractivity contribution in [1.29, 1.82) is 0 Å². The van der Waals surface area contributed by atoms with Crippen LogP contribution in [0.3, 0.4) is 0 Å². The standard InChI is InChI=1S/C25H14ClFN2O3S/c26-22-17-3-1-2-4-21(17)33-23(22)24-28-18(11-14-5-10-19-20(12-14)32-13-31-19)25(30)29(24)16-8-6-15(27)7-9-16/h1-12H,13H2/b18-11+. The predicted molar refractivity (Wildman–Crippen MR) is 128 cm³/mol. The van der Waals surface area contributed by atoms with Gasteiger partial charge in [0.15, 0.2) is 17.3 Å². The quantitative estimate of drug-likeness (QED) is 0.328. The normalized spacial score (nSPS) is 16.2. The maximum absolute atomic E-state index is 13.6. The van der Waals surface area contributed by atoms with Gasteiger partial charge in [-0.15, -0.1) is 11.3 Å². The molecular formula is C25H14ClFN2O3S. The van der Waals surface area contributed by atoms with Crippen molar-refractivity contribution in [3.63, 3.8) is 0 Å². The van der Waals surface area contributed by atoms with Crippen molar-refractivity contribution in [2.75, 3.05) is 11.7 Å². The Morgan fingerprint density at radius 3 is 2.64 bits per heavy atom. The minimum Gasteiger partial charge on any atom is -0.454 e. The first-order chi connectivity index (χ1) is 16.1. The van der Waals surface area contributed by atoms with Gasteiger partial charge in [-0.25, -0.2) is 9.38 Å². The monoisotopic (exact) mass is 476 g/mol. The molecule has 0 aliphatic carbocycles. The predicted octanol–water partition coefficient (Wildman–Crippen LogP) is 6.26. The maximum Gasteiger partial charge on any atom is 0.282 e. The number of ether oxygens (including phenoxy) is 2. The fourth-order valence-corrected chi connectivity index (χ4v) is 5.31. The van der Waals surface area contributed by atoms with Crippen LogP contribution in [-0.2, 0) is 4.79 Å². The summed E-state index contributed by atoms with van der Waals surface area (Å²) in [5, 5.41) is 1.42. The molecule has 4 aromatic rings. The molecule has 1 amide bonds. The van der Waals surface area contributed by atoms with Crippen molar-refractivity contribution in [1.82, 2.24) is 0 Å². The molecule has 0 fully saturated rings. The van der Waals surface area contributed by atoms with Gasteiger partial charge in [0.2, 0.25) is 6.79 Å². The first-order valence-corrected chi connectivity index (χ1v) is 11.3. The third-order valence-electron chi connectivity index (χ3n) is 5.38. The molecule has 3 aromatic carbocycles. The molecule has 33 heavy (non-hydrogen) atoms. The second-order valence-corrected chi connectivity index (χ2v) is 8.87. The highest BCUT2D eigenvalue weighted by molar-refractivity contribution is 7.21. The van der Waals surface area contributed by atoms with Crippen LogP contribution in [-0.4, -0.2) is 18.5 Å². The zero-order chi connectivity index (χ0) is 22.5. The molecule has 3 heterocycles. The number of carbonyl (C=O) groups is 1. The summed E-state index contributed by atoms with van der Waals surface area (Å²) in [4.78, 5) is 20.3. The molecule has 8 heteroatoms. The van der Waals surface area contributed by atoms with Crippen LogP contribution < -0.4 is 14.4 Å². The van der Waals surface area contributed by atoms with Crippen molar-refractivity contribution >= 4 is 56.5 Å². The van der Waals surface area contributed by atoms with E-state index in [-0.39, 0.29) is 24.2 Å². The van der Waals surface area contributed by atoms with Crippen LogP contribution in [0.1, 0.15) is 10.4 Å². The fourth-order valence-electron chi connectivity index (χ4n) is 3.82. The number of halogens is 2. The number of hydrogen-bond donors (Lipinski definition) is 0. The second kappa shape index (κ2) is 7.72.